The number of nitrogens with one attached hydrogen (secondary N) is 2. The van der Waals surface area contributed by atoms with Gasteiger partial charge in [-0.3, -0.25) is 4.79 Å². The second kappa shape index (κ2) is 8.76. The Morgan fingerprint density at radius 2 is 1.56 bits per heavy atom. The van der Waals surface area contributed by atoms with Crippen LogP contribution in [0.15, 0.2) is 72.8 Å². The lowest BCUT2D eigenvalue weighted by Gasteiger charge is -2.15. The van der Waals surface area contributed by atoms with Crippen LogP contribution in [0.2, 0.25) is 0 Å². The summed E-state index contributed by atoms with van der Waals surface area (Å²) >= 11 is 0. The van der Waals surface area contributed by atoms with Crippen molar-refractivity contribution in [2.24, 2.45) is 0 Å². The largest absolute Gasteiger partial charge is 0.497 e. The number of anilines is 3. The Hall–Kier alpha value is -3.47. The molecule has 3 rings (SSSR count). The molecule has 0 spiro atoms. The molecule has 138 valence electrons. The van der Waals surface area contributed by atoms with Gasteiger partial charge in [0.05, 0.1) is 30.7 Å². The van der Waals surface area contributed by atoms with Crippen molar-refractivity contribution in [2.45, 2.75) is 6.92 Å². The highest BCUT2D eigenvalue weighted by Crippen LogP contribution is 2.28. The van der Waals surface area contributed by atoms with E-state index in [1.165, 1.54) is 0 Å². The van der Waals surface area contributed by atoms with Crippen molar-refractivity contribution >= 4 is 23.0 Å². The lowest BCUT2D eigenvalue weighted by molar-refractivity contribution is 0.102. The van der Waals surface area contributed by atoms with Gasteiger partial charge in [-0.1, -0.05) is 24.3 Å². The molecule has 2 N–H and O–H groups in total. The Balaban J connectivity index is 1.80. The number of methoxy groups -OCH3 is 1. The van der Waals surface area contributed by atoms with Gasteiger partial charge in [0.2, 0.25) is 0 Å². The Bertz CT molecular complexity index is 907. The number of para-hydroxylation sites is 3. The molecule has 0 aliphatic heterocycles. The van der Waals surface area contributed by atoms with E-state index in [1.54, 1.807) is 19.2 Å². The number of carbonyl (C=O) groups is 1. The third kappa shape index (κ3) is 4.58. The first-order valence-electron chi connectivity index (χ1n) is 8.74. The first-order valence-corrected chi connectivity index (χ1v) is 8.74. The Kier molecular flexibility index (Phi) is 5.94. The molecule has 27 heavy (non-hydrogen) atoms. The van der Waals surface area contributed by atoms with Gasteiger partial charge in [0.25, 0.3) is 5.91 Å². The van der Waals surface area contributed by atoms with Gasteiger partial charge >= 0.3 is 0 Å². The fourth-order valence-electron chi connectivity index (χ4n) is 2.66. The van der Waals surface area contributed by atoms with Gasteiger partial charge in [0.1, 0.15) is 11.5 Å². The summed E-state index contributed by atoms with van der Waals surface area (Å²) in [6, 6.07) is 22.4. The molecule has 3 aromatic carbocycles. The highest BCUT2D eigenvalue weighted by Gasteiger charge is 2.13. The van der Waals surface area contributed by atoms with Crippen LogP contribution >= 0.6 is 0 Å². The van der Waals surface area contributed by atoms with Crippen LogP contribution in [0.25, 0.3) is 0 Å². The summed E-state index contributed by atoms with van der Waals surface area (Å²) in [7, 11) is 1.63. The predicted molar refractivity (Wildman–Crippen MR) is 108 cm³/mol. The summed E-state index contributed by atoms with van der Waals surface area (Å²) in [5.74, 6) is 1.13. The summed E-state index contributed by atoms with van der Waals surface area (Å²) in [4.78, 5) is 12.8. The number of rotatable bonds is 7. The van der Waals surface area contributed by atoms with Crippen LogP contribution < -0.4 is 20.1 Å². The molecule has 0 saturated carbocycles. The van der Waals surface area contributed by atoms with E-state index in [2.05, 4.69) is 10.6 Å². The highest BCUT2D eigenvalue weighted by molar-refractivity contribution is 6.07. The number of carbonyl (C=O) groups excluding carboxylic acids is 1. The standard InChI is InChI=1S/C22H22N2O3/c1-3-27-21-11-7-4-8-18(21)22(25)24-20-10-6-5-9-19(20)23-16-12-14-17(26-2)15-13-16/h4-15,23H,3H2,1-2H3,(H,24,25). The topological polar surface area (TPSA) is 59.6 Å². The molecule has 0 unspecified atom stereocenters. The number of hydrogen-bond acceptors (Lipinski definition) is 4. The van der Waals surface area contributed by atoms with Crippen LogP contribution in [0.3, 0.4) is 0 Å². The minimum Gasteiger partial charge on any atom is -0.497 e. The first-order chi connectivity index (χ1) is 13.2. The van der Waals surface area contributed by atoms with Gasteiger partial charge in [0.15, 0.2) is 0 Å². The van der Waals surface area contributed by atoms with E-state index in [1.807, 2.05) is 67.6 Å². The zero-order valence-corrected chi connectivity index (χ0v) is 15.4. The van der Waals surface area contributed by atoms with Crippen LogP contribution in [0.5, 0.6) is 11.5 Å². The molecule has 0 bridgehead atoms. The maximum Gasteiger partial charge on any atom is 0.259 e. The average molecular weight is 362 g/mol. The Morgan fingerprint density at radius 1 is 0.889 bits per heavy atom. The Morgan fingerprint density at radius 3 is 2.26 bits per heavy atom. The van der Waals surface area contributed by atoms with Crippen molar-refractivity contribution in [3.8, 4) is 11.5 Å². The van der Waals surface area contributed by atoms with Crippen molar-refractivity contribution < 1.29 is 14.3 Å². The summed E-state index contributed by atoms with van der Waals surface area (Å²) in [5, 5.41) is 6.28. The predicted octanol–water partition coefficient (Wildman–Crippen LogP) is 5.09. The van der Waals surface area contributed by atoms with Crippen LogP contribution in [-0.2, 0) is 0 Å². The first kappa shape index (κ1) is 18.3. The second-order valence-corrected chi connectivity index (χ2v) is 5.78. The fraction of sp³-hybridized carbons (Fsp3) is 0.136. The second-order valence-electron chi connectivity index (χ2n) is 5.78. The molecule has 0 saturated heterocycles. The molecule has 5 nitrogen and oxygen atoms in total. The average Bonchev–Trinajstić information content (AvgIpc) is 2.70. The van der Waals surface area contributed by atoms with Gasteiger partial charge in [0, 0.05) is 5.69 Å². The lowest BCUT2D eigenvalue weighted by atomic mass is 10.1. The summed E-state index contributed by atoms with van der Waals surface area (Å²) in [6.45, 7) is 2.39. The van der Waals surface area contributed by atoms with Gasteiger partial charge in [-0.2, -0.15) is 0 Å². The molecule has 5 heteroatoms. The number of ether oxygens (including phenoxy) is 2. The zero-order chi connectivity index (χ0) is 19.1. The molecular formula is C22H22N2O3. The minimum absolute atomic E-state index is 0.219. The summed E-state index contributed by atoms with van der Waals surface area (Å²) in [6.07, 6.45) is 0. The number of amides is 1. The van der Waals surface area contributed by atoms with E-state index < -0.39 is 0 Å². The molecule has 0 aromatic heterocycles. The molecule has 0 fully saturated rings. The minimum atomic E-state index is -0.219. The smallest absolute Gasteiger partial charge is 0.259 e. The van der Waals surface area contributed by atoms with Crippen molar-refractivity contribution in [3.63, 3.8) is 0 Å². The van der Waals surface area contributed by atoms with E-state index in [-0.39, 0.29) is 5.91 Å². The van der Waals surface area contributed by atoms with Crippen molar-refractivity contribution in [3.05, 3.63) is 78.4 Å². The normalized spacial score (nSPS) is 10.1. The van der Waals surface area contributed by atoms with Crippen LogP contribution in [0, 0.1) is 0 Å². The molecule has 0 radical (unpaired) electrons. The van der Waals surface area contributed by atoms with E-state index in [9.17, 15) is 4.79 Å². The number of benzene rings is 3. The van der Waals surface area contributed by atoms with E-state index in [4.69, 9.17) is 9.47 Å². The fourth-order valence-corrected chi connectivity index (χ4v) is 2.66. The SMILES string of the molecule is CCOc1ccccc1C(=O)Nc1ccccc1Nc1ccc(OC)cc1. The highest BCUT2D eigenvalue weighted by atomic mass is 16.5. The van der Waals surface area contributed by atoms with Gasteiger partial charge in [-0.15, -0.1) is 0 Å². The van der Waals surface area contributed by atoms with Gasteiger partial charge in [-0.25, -0.2) is 0 Å². The molecule has 0 aliphatic carbocycles. The van der Waals surface area contributed by atoms with Crippen LogP contribution in [0.1, 0.15) is 17.3 Å². The molecular weight excluding hydrogens is 340 g/mol. The van der Waals surface area contributed by atoms with E-state index in [0.717, 1.165) is 17.1 Å². The molecule has 3 aromatic rings. The van der Waals surface area contributed by atoms with E-state index in [0.29, 0.717) is 23.6 Å². The van der Waals surface area contributed by atoms with E-state index >= 15 is 0 Å². The lowest BCUT2D eigenvalue weighted by Crippen LogP contribution is -2.14. The quantitative estimate of drug-likeness (QED) is 0.615. The van der Waals surface area contributed by atoms with Gasteiger partial charge < -0.3 is 20.1 Å². The monoisotopic (exact) mass is 362 g/mol. The summed E-state index contributed by atoms with van der Waals surface area (Å²) < 4.78 is 10.7. The zero-order valence-electron chi connectivity index (χ0n) is 15.4. The third-order valence-corrected chi connectivity index (χ3v) is 3.98. The van der Waals surface area contributed by atoms with Crippen molar-refractivity contribution in [1.82, 2.24) is 0 Å². The van der Waals surface area contributed by atoms with Crippen molar-refractivity contribution in [2.75, 3.05) is 24.4 Å². The molecule has 1 amide bonds. The van der Waals surface area contributed by atoms with Gasteiger partial charge in [-0.05, 0) is 55.5 Å². The maximum atomic E-state index is 12.8. The number of hydrogen-bond donors (Lipinski definition) is 2. The summed E-state index contributed by atoms with van der Waals surface area (Å²) in [5.41, 5.74) is 2.88. The molecule has 0 heterocycles. The van der Waals surface area contributed by atoms with Crippen molar-refractivity contribution in [1.29, 1.82) is 0 Å². The maximum absolute atomic E-state index is 12.8. The van der Waals surface area contributed by atoms with Crippen LogP contribution in [-0.4, -0.2) is 19.6 Å². The molecule has 0 atom stereocenters. The molecule has 0 aliphatic rings. The van der Waals surface area contributed by atoms with Crippen LogP contribution in [0.4, 0.5) is 17.1 Å². The third-order valence-electron chi connectivity index (χ3n) is 3.98. The Labute approximate surface area is 158 Å².